The molecule has 0 aliphatic rings. The van der Waals surface area contributed by atoms with Crippen LogP contribution in [0, 0.1) is 0 Å². The van der Waals surface area contributed by atoms with Crippen LogP contribution in [0.25, 0.3) is 11.1 Å². The monoisotopic (exact) mass is 754 g/mol. The Kier molecular flexibility index (Phi) is 11.8. The number of rotatable bonds is 15. The summed E-state index contributed by atoms with van der Waals surface area (Å²) in [6.45, 7) is 0. The van der Waals surface area contributed by atoms with Gasteiger partial charge in [0.15, 0.2) is 0 Å². The van der Waals surface area contributed by atoms with Crippen LogP contribution in [0.5, 0.6) is 0 Å². The van der Waals surface area contributed by atoms with Crippen molar-refractivity contribution in [2.45, 2.75) is 36.3 Å². The summed E-state index contributed by atoms with van der Waals surface area (Å²) in [5.74, 6) is 0. The highest BCUT2D eigenvalue weighted by Gasteiger charge is 2.38. The molecule has 0 amide bonds. The van der Waals surface area contributed by atoms with Crippen molar-refractivity contribution in [2.24, 2.45) is 0 Å². The van der Waals surface area contributed by atoms with Crippen LogP contribution in [0.4, 0.5) is 0 Å². The first-order valence-corrected chi connectivity index (χ1v) is 25.3. The first-order valence-electron chi connectivity index (χ1n) is 20.1. The second-order valence-electron chi connectivity index (χ2n) is 15.7. The third-order valence-electron chi connectivity index (χ3n) is 11.6. The molecule has 0 aliphatic carbocycles. The van der Waals surface area contributed by atoms with E-state index in [1.807, 2.05) is 0 Å². The lowest BCUT2D eigenvalue weighted by Gasteiger charge is -2.34. The van der Waals surface area contributed by atoms with Crippen LogP contribution in [0.3, 0.4) is 0 Å². The second kappa shape index (κ2) is 17.8. The lowest BCUT2D eigenvalue weighted by atomic mass is 10.1. The van der Waals surface area contributed by atoms with Gasteiger partial charge in [0, 0.05) is 0 Å². The minimum absolute atomic E-state index is 1.09. The Morgan fingerprint density at radius 2 is 0.429 bits per heavy atom. The fourth-order valence-electron chi connectivity index (χ4n) is 8.96. The second-order valence-corrected chi connectivity index (χ2v) is 24.1. The number of hydrogen-bond donors (Lipinski definition) is 0. The quantitative estimate of drug-likeness (QED) is 0.0915. The lowest BCUT2D eigenvalue weighted by Crippen LogP contribution is -2.55. The van der Waals surface area contributed by atoms with Crippen LogP contribution < -0.4 is 10.4 Å². The average molecular weight is 755 g/mol. The van der Waals surface area contributed by atoms with Crippen molar-refractivity contribution in [2.75, 3.05) is 0 Å². The molecule has 0 spiro atoms. The molecule has 0 atom stereocenters. The summed E-state index contributed by atoms with van der Waals surface area (Å²) in [6.07, 6.45) is 0. The molecule has 274 valence electrons. The summed E-state index contributed by atoms with van der Waals surface area (Å²) in [6, 6.07) is 93.3. The van der Waals surface area contributed by atoms with Gasteiger partial charge in [-0.2, -0.15) is 0 Å². The van der Waals surface area contributed by atoms with Crippen LogP contribution in [-0.4, -0.2) is 16.1 Å². The summed E-state index contributed by atoms with van der Waals surface area (Å²) < 4.78 is 0. The molecule has 0 unspecified atom stereocenters. The largest absolute Gasteiger partial charge is 0.0996 e. The fraction of sp³-hybridized carbons (Fsp3) is 0.111. The van der Waals surface area contributed by atoms with Crippen LogP contribution >= 0.6 is 0 Å². The molecule has 0 aliphatic heterocycles. The van der Waals surface area contributed by atoms with Crippen molar-refractivity contribution in [3.63, 3.8) is 0 Å². The average Bonchev–Trinajstić information content (AvgIpc) is 3.26. The van der Waals surface area contributed by atoms with Gasteiger partial charge in [-0.25, -0.2) is 0 Å². The van der Waals surface area contributed by atoms with Gasteiger partial charge < -0.3 is 0 Å². The van der Waals surface area contributed by atoms with E-state index in [-0.39, 0.29) is 0 Å². The van der Waals surface area contributed by atoms with Gasteiger partial charge in [0.2, 0.25) is 0 Å². The molecule has 8 aromatic rings. The van der Waals surface area contributed by atoms with Gasteiger partial charge in [0.25, 0.3) is 0 Å². The molecule has 0 fully saturated rings. The molecule has 0 radical (unpaired) electrons. The Balaban J connectivity index is 1.26. The molecular formula is C54H50Si2. The smallest absolute Gasteiger partial charge is 0.0629 e. The van der Waals surface area contributed by atoms with E-state index < -0.39 is 16.1 Å². The van der Waals surface area contributed by atoms with Gasteiger partial charge >= 0.3 is 0 Å². The summed E-state index contributed by atoms with van der Waals surface area (Å²) in [4.78, 5) is 0. The highest BCUT2D eigenvalue weighted by Crippen LogP contribution is 2.28. The summed E-state index contributed by atoms with van der Waals surface area (Å²) in [5.41, 5.74) is 11.2. The summed E-state index contributed by atoms with van der Waals surface area (Å²) in [7, 11) is -4.51. The van der Waals surface area contributed by atoms with Gasteiger partial charge in [0.05, 0.1) is 16.1 Å². The van der Waals surface area contributed by atoms with E-state index in [2.05, 4.69) is 231 Å². The SMILES string of the molecule is c1ccc(C[Si](Cc2ccccc2)(Cc2ccccc2)c2cccc(-c3cccc([Si](Cc4ccccc4)(Cc4ccccc4)Cc4ccccc4)c3)c2)cc1. The van der Waals surface area contributed by atoms with Crippen molar-refractivity contribution in [1.29, 1.82) is 0 Å². The Bertz CT molecular complexity index is 2020. The topological polar surface area (TPSA) is 0 Å². The number of benzene rings is 8. The first kappa shape index (κ1) is 37.1. The molecule has 8 aromatic carbocycles. The molecule has 0 saturated carbocycles. The van der Waals surface area contributed by atoms with E-state index in [9.17, 15) is 0 Å². The van der Waals surface area contributed by atoms with Gasteiger partial charge in [-0.3, -0.25) is 0 Å². The Labute approximate surface area is 336 Å². The van der Waals surface area contributed by atoms with E-state index in [1.165, 1.54) is 54.9 Å². The van der Waals surface area contributed by atoms with E-state index in [4.69, 9.17) is 0 Å². The Morgan fingerprint density at radius 3 is 0.643 bits per heavy atom. The Hall–Kier alpha value is -5.81. The maximum atomic E-state index is 2.58. The maximum absolute atomic E-state index is 2.58. The van der Waals surface area contributed by atoms with Gasteiger partial charge in [-0.15, -0.1) is 0 Å². The van der Waals surface area contributed by atoms with Crippen LogP contribution in [0.1, 0.15) is 33.4 Å². The minimum atomic E-state index is -2.25. The van der Waals surface area contributed by atoms with Crippen molar-refractivity contribution in [1.82, 2.24) is 0 Å². The zero-order valence-corrected chi connectivity index (χ0v) is 34.2. The molecule has 8 rings (SSSR count). The third-order valence-corrected chi connectivity index (χ3v) is 21.2. The fourth-order valence-corrected chi connectivity index (χ4v) is 18.9. The van der Waals surface area contributed by atoms with Gasteiger partial charge in [-0.1, -0.05) is 274 Å². The molecular weight excluding hydrogens is 705 g/mol. The molecule has 0 heterocycles. The molecule has 0 bridgehead atoms. The van der Waals surface area contributed by atoms with E-state index in [0.717, 1.165) is 36.3 Å². The normalized spacial score (nSPS) is 11.6. The molecule has 2 heteroatoms. The zero-order chi connectivity index (χ0) is 37.9. The van der Waals surface area contributed by atoms with Crippen molar-refractivity contribution in [3.8, 4) is 11.1 Å². The minimum Gasteiger partial charge on any atom is -0.0629 e. The highest BCUT2D eigenvalue weighted by molar-refractivity contribution is 6.91. The van der Waals surface area contributed by atoms with Crippen LogP contribution in [-0.2, 0) is 36.3 Å². The maximum Gasteiger partial charge on any atom is 0.0996 e. The summed E-state index contributed by atoms with van der Waals surface area (Å²) in [5, 5.41) is 3.05. The molecule has 0 saturated heterocycles. The van der Waals surface area contributed by atoms with Crippen molar-refractivity contribution < 1.29 is 0 Å². The molecule has 0 aromatic heterocycles. The predicted octanol–water partition coefficient (Wildman–Crippen LogP) is 11.4. The highest BCUT2D eigenvalue weighted by atomic mass is 28.3. The van der Waals surface area contributed by atoms with Gasteiger partial charge in [0.1, 0.15) is 0 Å². The summed E-state index contributed by atoms with van der Waals surface area (Å²) >= 11 is 0. The molecule has 0 N–H and O–H groups in total. The van der Waals surface area contributed by atoms with E-state index in [1.54, 1.807) is 0 Å². The first-order chi connectivity index (χ1) is 27.6. The van der Waals surface area contributed by atoms with Crippen LogP contribution in [0.15, 0.2) is 231 Å². The zero-order valence-electron chi connectivity index (χ0n) is 32.2. The predicted molar refractivity (Wildman–Crippen MR) is 244 cm³/mol. The van der Waals surface area contributed by atoms with E-state index >= 15 is 0 Å². The lowest BCUT2D eigenvalue weighted by molar-refractivity contribution is 1.15. The van der Waals surface area contributed by atoms with Crippen molar-refractivity contribution in [3.05, 3.63) is 264 Å². The van der Waals surface area contributed by atoms with E-state index in [0.29, 0.717) is 0 Å². The standard InChI is InChI=1S/C54H50Si2/c1-7-21-45(22-8-1)39-55(40-46-23-9-2-10-24-46,41-47-25-11-3-12-26-47)53-35-19-33-51(37-53)52-34-20-36-54(38-52)56(42-48-27-13-4-14-28-48,43-49-29-15-5-16-30-49)44-50-31-17-6-18-32-50/h1-38H,39-44H2. The molecule has 56 heavy (non-hydrogen) atoms. The number of hydrogen-bond acceptors (Lipinski definition) is 0. The Morgan fingerprint density at radius 1 is 0.214 bits per heavy atom. The van der Waals surface area contributed by atoms with Crippen molar-refractivity contribution >= 4 is 26.5 Å². The molecule has 0 nitrogen and oxygen atoms in total. The van der Waals surface area contributed by atoms with Crippen LogP contribution in [0.2, 0.25) is 0 Å². The third kappa shape index (κ3) is 9.17. The van der Waals surface area contributed by atoms with Gasteiger partial charge in [-0.05, 0) is 47.4 Å².